The predicted octanol–water partition coefficient (Wildman–Crippen LogP) is 3.74. The van der Waals surface area contributed by atoms with Crippen molar-refractivity contribution in [2.24, 2.45) is 17.3 Å². The molecule has 4 fully saturated rings. The van der Waals surface area contributed by atoms with Gasteiger partial charge in [-0.05, 0) is 74.5 Å². The van der Waals surface area contributed by atoms with Gasteiger partial charge in [0.2, 0.25) is 0 Å². The molecule has 1 amide bonds. The van der Waals surface area contributed by atoms with Gasteiger partial charge in [0, 0.05) is 28.9 Å². The molecule has 4 nitrogen and oxygen atoms in total. The van der Waals surface area contributed by atoms with Crippen LogP contribution in [0.25, 0.3) is 0 Å². The molecule has 0 radical (unpaired) electrons. The summed E-state index contributed by atoms with van der Waals surface area (Å²) in [6, 6.07) is 5.92. The number of hydrogen-bond acceptors (Lipinski definition) is 3. The lowest BCUT2D eigenvalue weighted by Crippen LogP contribution is -2.62. The molecule has 0 aliphatic heterocycles. The van der Waals surface area contributed by atoms with Crippen molar-refractivity contribution in [3.8, 4) is 11.8 Å². The van der Waals surface area contributed by atoms with Gasteiger partial charge in [-0.3, -0.25) is 9.78 Å². The maximum absolute atomic E-state index is 13.5. The second kappa shape index (κ2) is 6.41. The molecule has 4 aliphatic rings. The highest BCUT2D eigenvalue weighted by Crippen LogP contribution is 2.61. The molecule has 1 aromatic heterocycles. The first-order chi connectivity index (χ1) is 13.5. The highest BCUT2D eigenvalue weighted by molar-refractivity contribution is 5.94. The molecule has 2 aromatic rings. The van der Waals surface area contributed by atoms with E-state index >= 15 is 0 Å². The summed E-state index contributed by atoms with van der Waals surface area (Å²) in [6.07, 6.45) is 11.3. The Morgan fingerprint density at radius 3 is 2.71 bits per heavy atom. The number of rotatable bonds is 2. The molecule has 2 atom stereocenters. The Morgan fingerprint density at radius 2 is 2.00 bits per heavy atom. The Balaban J connectivity index is 1.42. The molecule has 28 heavy (non-hydrogen) atoms. The van der Waals surface area contributed by atoms with Gasteiger partial charge in [0.1, 0.15) is 11.5 Å². The lowest BCUT2D eigenvalue weighted by atomic mass is 9.47. The quantitative estimate of drug-likeness (QED) is 0.814. The fourth-order valence-electron chi connectivity index (χ4n) is 6.06. The van der Waals surface area contributed by atoms with Gasteiger partial charge in [-0.1, -0.05) is 12.0 Å². The zero-order valence-electron chi connectivity index (χ0n) is 15.6. The topological polar surface area (TPSA) is 54.9 Å². The summed E-state index contributed by atoms with van der Waals surface area (Å²) in [7, 11) is 0. The minimum atomic E-state index is -0.385. The van der Waals surface area contributed by atoms with Gasteiger partial charge in [0.15, 0.2) is 0 Å². The van der Waals surface area contributed by atoms with E-state index in [1.807, 2.05) is 0 Å². The van der Waals surface area contributed by atoms with E-state index in [0.29, 0.717) is 23.1 Å². The number of amides is 1. The van der Waals surface area contributed by atoms with Gasteiger partial charge in [-0.15, -0.1) is 0 Å². The summed E-state index contributed by atoms with van der Waals surface area (Å²) >= 11 is 0. The van der Waals surface area contributed by atoms with Crippen molar-refractivity contribution in [1.82, 2.24) is 15.3 Å². The van der Waals surface area contributed by atoms with Crippen molar-refractivity contribution in [2.45, 2.75) is 44.1 Å². The molecule has 4 bridgehead atoms. The van der Waals surface area contributed by atoms with Crippen LogP contribution < -0.4 is 5.32 Å². The van der Waals surface area contributed by atoms with E-state index < -0.39 is 0 Å². The maximum Gasteiger partial charge on any atom is 0.251 e. The Kier molecular flexibility index (Phi) is 3.97. The SMILES string of the molecule is O=C(NC12CC3CC(CC(C#Cc4cnccn4)(C3)C1)C2)c1cccc(F)c1. The fourth-order valence-corrected chi connectivity index (χ4v) is 6.06. The first-order valence-corrected chi connectivity index (χ1v) is 9.91. The Morgan fingerprint density at radius 1 is 1.18 bits per heavy atom. The van der Waals surface area contributed by atoms with E-state index in [1.165, 1.54) is 18.6 Å². The summed E-state index contributed by atoms with van der Waals surface area (Å²) in [5.74, 6) is 7.36. The largest absolute Gasteiger partial charge is 0.347 e. The van der Waals surface area contributed by atoms with E-state index in [-0.39, 0.29) is 22.7 Å². The Hall–Kier alpha value is -2.74. The predicted molar refractivity (Wildman–Crippen MR) is 103 cm³/mol. The Bertz CT molecular complexity index is 964. The van der Waals surface area contributed by atoms with Gasteiger partial charge < -0.3 is 5.32 Å². The van der Waals surface area contributed by atoms with Crippen LogP contribution >= 0.6 is 0 Å². The van der Waals surface area contributed by atoms with Crippen LogP contribution in [0.5, 0.6) is 0 Å². The molecule has 2 unspecified atom stereocenters. The summed E-state index contributed by atoms with van der Waals surface area (Å²) in [4.78, 5) is 21.2. The van der Waals surface area contributed by atoms with Crippen LogP contribution in [0.15, 0.2) is 42.9 Å². The van der Waals surface area contributed by atoms with Crippen LogP contribution in [0.3, 0.4) is 0 Å². The number of aromatic nitrogens is 2. The van der Waals surface area contributed by atoms with Crippen LogP contribution in [-0.4, -0.2) is 21.4 Å². The van der Waals surface area contributed by atoms with E-state index in [9.17, 15) is 9.18 Å². The molecule has 4 saturated carbocycles. The molecule has 4 aliphatic carbocycles. The summed E-state index contributed by atoms with van der Waals surface area (Å²) in [5, 5.41) is 3.29. The molecule has 1 heterocycles. The second-order valence-electron chi connectivity index (χ2n) is 8.83. The first kappa shape index (κ1) is 17.4. The molecule has 0 saturated heterocycles. The number of nitrogens with zero attached hydrogens (tertiary/aromatic N) is 2. The molecule has 1 aromatic carbocycles. The summed E-state index contributed by atoms with van der Waals surface area (Å²) in [6.45, 7) is 0. The molecule has 5 heteroatoms. The van der Waals surface area contributed by atoms with E-state index in [4.69, 9.17) is 0 Å². The second-order valence-corrected chi connectivity index (χ2v) is 8.83. The average Bonchev–Trinajstić information content (AvgIpc) is 2.66. The van der Waals surface area contributed by atoms with Gasteiger partial charge >= 0.3 is 0 Å². The minimum absolute atomic E-state index is 0.0726. The monoisotopic (exact) mass is 375 g/mol. The third-order valence-electron chi connectivity index (χ3n) is 6.55. The number of halogens is 1. The van der Waals surface area contributed by atoms with E-state index in [1.54, 1.807) is 30.7 Å². The zero-order chi connectivity index (χ0) is 19.2. The van der Waals surface area contributed by atoms with Crippen LogP contribution in [0.4, 0.5) is 4.39 Å². The highest BCUT2D eigenvalue weighted by atomic mass is 19.1. The minimum Gasteiger partial charge on any atom is -0.347 e. The molecular weight excluding hydrogens is 353 g/mol. The average molecular weight is 375 g/mol. The molecule has 0 spiro atoms. The van der Waals surface area contributed by atoms with Gasteiger partial charge in [0.05, 0.1) is 6.20 Å². The molecule has 6 rings (SSSR count). The van der Waals surface area contributed by atoms with Crippen LogP contribution in [0.1, 0.15) is 54.6 Å². The zero-order valence-corrected chi connectivity index (χ0v) is 15.6. The fraction of sp³-hybridized carbons (Fsp3) is 0.435. The lowest BCUT2D eigenvalue weighted by Gasteiger charge is -2.60. The van der Waals surface area contributed by atoms with Crippen molar-refractivity contribution in [2.75, 3.05) is 0 Å². The standard InChI is InChI=1S/C23H22FN3O/c24-19-3-1-2-18(9-19)21(28)27-23-12-16-8-17(13-23)11-22(10-16,15-23)5-4-20-14-25-6-7-26-20/h1-3,6-7,9,14,16-17H,8,10-13,15H2,(H,27,28). The summed E-state index contributed by atoms with van der Waals surface area (Å²) < 4.78 is 13.5. The van der Waals surface area contributed by atoms with Gasteiger partial charge in [-0.25, -0.2) is 9.37 Å². The number of hydrogen-bond donors (Lipinski definition) is 1. The number of carbonyl (C=O) groups excluding carboxylic acids is 1. The first-order valence-electron chi connectivity index (χ1n) is 9.91. The molecule has 1 N–H and O–H groups in total. The van der Waals surface area contributed by atoms with E-state index in [2.05, 4.69) is 27.1 Å². The van der Waals surface area contributed by atoms with Crippen molar-refractivity contribution in [1.29, 1.82) is 0 Å². The third kappa shape index (κ3) is 3.17. The number of carbonyl (C=O) groups is 1. The van der Waals surface area contributed by atoms with Crippen LogP contribution in [0, 0.1) is 34.9 Å². The van der Waals surface area contributed by atoms with Crippen molar-refractivity contribution in [3.63, 3.8) is 0 Å². The normalized spacial score (nSPS) is 32.5. The molecule has 142 valence electrons. The number of benzene rings is 1. The Labute approximate surface area is 164 Å². The lowest BCUT2D eigenvalue weighted by molar-refractivity contribution is -0.0484. The van der Waals surface area contributed by atoms with E-state index in [0.717, 1.165) is 32.1 Å². The third-order valence-corrected chi connectivity index (χ3v) is 6.55. The van der Waals surface area contributed by atoms with Crippen molar-refractivity contribution in [3.05, 3.63) is 59.9 Å². The summed E-state index contributed by atoms with van der Waals surface area (Å²) in [5.41, 5.74) is 0.771. The van der Waals surface area contributed by atoms with Crippen molar-refractivity contribution >= 4 is 5.91 Å². The van der Waals surface area contributed by atoms with Gasteiger partial charge in [-0.2, -0.15) is 0 Å². The van der Waals surface area contributed by atoms with Crippen molar-refractivity contribution < 1.29 is 9.18 Å². The highest BCUT2D eigenvalue weighted by Gasteiger charge is 2.57. The van der Waals surface area contributed by atoms with Crippen LogP contribution in [0.2, 0.25) is 0 Å². The van der Waals surface area contributed by atoms with Crippen LogP contribution in [-0.2, 0) is 0 Å². The maximum atomic E-state index is 13.5. The molecular formula is C23H22FN3O. The number of nitrogens with one attached hydrogen (secondary N) is 1. The smallest absolute Gasteiger partial charge is 0.251 e. The van der Waals surface area contributed by atoms with Gasteiger partial charge in [0.25, 0.3) is 5.91 Å².